The van der Waals surface area contributed by atoms with E-state index in [2.05, 4.69) is 51.2 Å². The fourth-order valence-electron chi connectivity index (χ4n) is 2.51. The van der Waals surface area contributed by atoms with Crippen LogP contribution in [0.15, 0.2) is 52.3 Å². The van der Waals surface area contributed by atoms with Crippen molar-refractivity contribution in [3.8, 4) is 0 Å². The summed E-state index contributed by atoms with van der Waals surface area (Å²) >= 11 is 5.28. The first kappa shape index (κ1) is 14.7. The van der Waals surface area contributed by atoms with E-state index in [0.29, 0.717) is 0 Å². The Labute approximate surface area is 137 Å². The number of anilines is 2. The zero-order valence-electron chi connectivity index (χ0n) is 11.8. The van der Waals surface area contributed by atoms with E-state index >= 15 is 0 Å². The molecular weight excluding hydrogens is 346 g/mol. The molecule has 1 heterocycles. The summed E-state index contributed by atoms with van der Waals surface area (Å²) in [5.74, 6) is 0.113. The summed E-state index contributed by atoms with van der Waals surface area (Å²) in [5, 5.41) is 0.973. The number of Topliss-reactive ketones (excluding diaryl/α,β-unsaturated/α-hetero) is 1. The van der Waals surface area contributed by atoms with Crippen LogP contribution in [0.1, 0.15) is 23.7 Å². The molecule has 3 rings (SSSR count). The van der Waals surface area contributed by atoms with E-state index in [1.807, 2.05) is 12.1 Å². The lowest BCUT2D eigenvalue weighted by Crippen LogP contribution is -2.22. The molecule has 0 aliphatic carbocycles. The van der Waals surface area contributed by atoms with E-state index in [-0.39, 0.29) is 5.78 Å². The maximum Gasteiger partial charge on any atom is 0.159 e. The Morgan fingerprint density at radius 1 is 1.14 bits per heavy atom. The van der Waals surface area contributed by atoms with Crippen LogP contribution >= 0.6 is 27.7 Å². The molecule has 0 amide bonds. The largest absolute Gasteiger partial charge is 0.340 e. The number of fused-ring (bicyclic) bond motifs is 2. The minimum atomic E-state index is 0.113. The summed E-state index contributed by atoms with van der Waals surface area (Å²) in [6, 6.07) is 14.5. The average Bonchev–Trinajstić information content (AvgIpc) is 2.50. The number of benzene rings is 2. The highest BCUT2D eigenvalue weighted by atomic mass is 79.9. The standard InChI is InChI=1S/C17H16BrNOS/c1-12(20)13-7-8-17-15(11-13)19(10-4-9-18)14-5-2-3-6-16(14)21-17/h2-3,5-8,11H,4,9-10H2,1H3. The van der Waals surface area contributed by atoms with Crippen LogP contribution in [0.25, 0.3) is 0 Å². The summed E-state index contributed by atoms with van der Waals surface area (Å²) in [6.07, 6.45) is 1.06. The SMILES string of the molecule is CC(=O)c1ccc2c(c1)N(CCCBr)c1ccccc1S2. The molecular formula is C17H16BrNOS. The predicted octanol–water partition coefficient (Wildman–Crippen LogP) is 5.28. The van der Waals surface area contributed by atoms with Gasteiger partial charge in [-0.15, -0.1) is 0 Å². The van der Waals surface area contributed by atoms with Gasteiger partial charge in [-0.2, -0.15) is 0 Å². The summed E-state index contributed by atoms with van der Waals surface area (Å²) in [7, 11) is 0. The van der Waals surface area contributed by atoms with Gasteiger partial charge in [-0.05, 0) is 37.6 Å². The summed E-state index contributed by atoms with van der Waals surface area (Å²) in [4.78, 5) is 16.5. The molecule has 0 saturated carbocycles. The fourth-order valence-corrected chi connectivity index (χ4v) is 3.83. The van der Waals surface area contributed by atoms with Crippen molar-refractivity contribution in [2.75, 3.05) is 16.8 Å². The number of carbonyl (C=O) groups is 1. The first-order chi connectivity index (χ1) is 10.2. The van der Waals surface area contributed by atoms with E-state index in [4.69, 9.17) is 0 Å². The van der Waals surface area contributed by atoms with Crippen molar-refractivity contribution >= 4 is 44.8 Å². The molecule has 0 unspecified atom stereocenters. The van der Waals surface area contributed by atoms with Crippen LogP contribution < -0.4 is 4.90 Å². The number of carbonyl (C=O) groups excluding carboxylic acids is 1. The minimum Gasteiger partial charge on any atom is -0.340 e. The van der Waals surface area contributed by atoms with Crippen molar-refractivity contribution in [3.63, 3.8) is 0 Å². The van der Waals surface area contributed by atoms with Crippen LogP contribution in [0.4, 0.5) is 11.4 Å². The molecule has 0 bridgehead atoms. The van der Waals surface area contributed by atoms with E-state index < -0.39 is 0 Å². The molecule has 21 heavy (non-hydrogen) atoms. The van der Waals surface area contributed by atoms with Crippen LogP contribution in [0.2, 0.25) is 0 Å². The molecule has 0 N–H and O–H groups in total. The lowest BCUT2D eigenvalue weighted by Gasteiger charge is -2.33. The summed E-state index contributed by atoms with van der Waals surface area (Å²) < 4.78 is 0. The number of nitrogens with zero attached hydrogens (tertiary/aromatic N) is 1. The molecule has 0 radical (unpaired) electrons. The van der Waals surface area contributed by atoms with Crippen molar-refractivity contribution in [2.24, 2.45) is 0 Å². The number of alkyl halides is 1. The third-order valence-electron chi connectivity index (χ3n) is 3.55. The van der Waals surface area contributed by atoms with E-state index in [9.17, 15) is 4.79 Å². The molecule has 0 aromatic heterocycles. The number of ketones is 1. The molecule has 4 heteroatoms. The first-order valence-corrected chi connectivity index (χ1v) is 8.90. The van der Waals surface area contributed by atoms with Gasteiger partial charge in [0, 0.05) is 27.2 Å². The average molecular weight is 362 g/mol. The molecule has 108 valence electrons. The maximum atomic E-state index is 11.7. The quantitative estimate of drug-likeness (QED) is 0.545. The number of hydrogen-bond acceptors (Lipinski definition) is 3. The van der Waals surface area contributed by atoms with Gasteiger partial charge in [0.1, 0.15) is 0 Å². The number of para-hydroxylation sites is 1. The molecule has 2 aromatic rings. The Bertz CT molecular complexity index is 686. The summed E-state index contributed by atoms with van der Waals surface area (Å²) in [6.45, 7) is 2.56. The smallest absolute Gasteiger partial charge is 0.159 e. The Hall–Kier alpha value is -1.26. The molecule has 0 atom stereocenters. The molecule has 0 fully saturated rings. The molecule has 1 aliphatic rings. The van der Waals surface area contributed by atoms with Crippen LogP contribution in [-0.2, 0) is 0 Å². The zero-order chi connectivity index (χ0) is 14.8. The lowest BCUT2D eigenvalue weighted by molar-refractivity contribution is 0.101. The van der Waals surface area contributed by atoms with Crippen molar-refractivity contribution < 1.29 is 4.79 Å². The second-order valence-electron chi connectivity index (χ2n) is 5.00. The molecule has 1 aliphatic heterocycles. The normalized spacial score (nSPS) is 12.8. The van der Waals surface area contributed by atoms with Crippen molar-refractivity contribution in [3.05, 3.63) is 48.0 Å². The maximum absolute atomic E-state index is 11.7. The number of rotatable bonds is 4. The van der Waals surface area contributed by atoms with Crippen LogP contribution in [0.3, 0.4) is 0 Å². The van der Waals surface area contributed by atoms with Gasteiger partial charge in [0.15, 0.2) is 5.78 Å². The van der Waals surface area contributed by atoms with Gasteiger partial charge in [0.2, 0.25) is 0 Å². The molecule has 0 saturated heterocycles. The van der Waals surface area contributed by atoms with Gasteiger partial charge in [0.25, 0.3) is 0 Å². The highest BCUT2D eigenvalue weighted by Gasteiger charge is 2.23. The van der Waals surface area contributed by atoms with Crippen molar-refractivity contribution in [1.82, 2.24) is 0 Å². The van der Waals surface area contributed by atoms with Crippen molar-refractivity contribution in [2.45, 2.75) is 23.1 Å². The number of halogens is 1. The van der Waals surface area contributed by atoms with Gasteiger partial charge in [0.05, 0.1) is 11.4 Å². The highest BCUT2D eigenvalue weighted by molar-refractivity contribution is 9.09. The van der Waals surface area contributed by atoms with Gasteiger partial charge < -0.3 is 4.90 Å². The number of hydrogen-bond donors (Lipinski definition) is 0. The second kappa shape index (κ2) is 6.24. The van der Waals surface area contributed by atoms with Crippen molar-refractivity contribution in [1.29, 1.82) is 0 Å². The van der Waals surface area contributed by atoms with E-state index in [1.165, 1.54) is 15.5 Å². The first-order valence-electron chi connectivity index (χ1n) is 6.96. The van der Waals surface area contributed by atoms with Crippen LogP contribution in [0, 0.1) is 0 Å². The Balaban J connectivity index is 2.09. The molecule has 2 nitrogen and oxygen atoms in total. The van der Waals surface area contributed by atoms with E-state index in [1.54, 1.807) is 18.7 Å². The molecule has 2 aromatic carbocycles. The third kappa shape index (κ3) is 2.87. The van der Waals surface area contributed by atoms with Crippen LogP contribution in [-0.4, -0.2) is 17.7 Å². The summed E-state index contributed by atoms with van der Waals surface area (Å²) in [5.41, 5.74) is 3.15. The highest BCUT2D eigenvalue weighted by Crippen LogP contribution is 2.48. The van der Waals surface area contributed by atoms with Gasteiger partial charge >= 0.3 is 0 Å². The Morgan fingerprint density at radius 2 is 1.90 bits per heavy atom. The van der Waals surface area contributed by atoms with Crippen LogP contribution in [0.5, 0.6) is 0 Å². The van der Waals surface area contributed by atoms with Gasteiger partial charge in [-0.25, -0.2) is 0 Å². The molecule has 0 spiro atoms. The third-order valence-corrected chi connectivity index (χ3v) is 5.24. The van der Waals surface area contributed by atoms with Gasteiger partial charge in [-0.1, -0.05) is 45.9 Å². The topological polar surface area (TPSA) is 20.3 Å². The Morgan fingerprint density at radius 3 is 2.67 bits per heavy atom. The lowest BCUT2D eigenvalue weighted by atomic mass is 10.1. The minimum absolute atomic E-state index is 0.113. The second-order valence-corrected chi connectivity index (χ2v) is 6.88. The Kier molecular flexibility index (Phi) is 4.36. The van der Waals surface area contributed by atoms with E-state index in [0.717, 1.165) is 29.5 Å². The fraction of sp³-hybridized carbons (Fsp3) is 0.235. The van der Waals surface area contributed by atoms with Gasteiger partial charge in [-0.3, -0.25) is 4.79 Å². The predicted molar refractivity (Wildman–Crippen MR) is 92.4 cm³/mol. The zero-order valence-corrected chi connectivity index (χ0v) is 14.2. The monoisotopic (exact) mass is 361 g/mol.